The predicted octanol–water partition coefficient (Wildman–Crippen LogP) is 2.92. The van der Waals surface area contributed by atoms with Gasteiger partial charge in [0, 0.05) is 47.5 Å². The van der Waals surface area contributed by atoms with Gasteiger partial charge in [-0.2, -0.15) is 0 Å². The maximum absolute atomic E-state index is 10.7. The van der Waals surface area contributed by atoms with Crippen LogP contribution in [0, 0.1) is 0 Å². The number of nitrogens with one attached hydrogen (secondary N) is 2. The molecule has 8 heteroatoms. The van der Waals surface area contributed by atoms with Crippen LogP contribution in [0.4, 0.5) is 5.82 Å². The topological polar surface area (TPSA) is 82.0 Å². The van der Waals surface area contributed by atoms with E-state index in [2.05, 4.69) is 44.8 Å². The van der Waals surface area contributed by atoms with Crippen LogP contribution in [0.15, 0.2) is 53.7 Å². The molecule has 1 unspecified atom stereocenters. The summed E-state index contributed by atoms with van der Waals surface area (Å²) in [6.45, 7) is 6.80. The number of aromatic nitrogens is 1. The predicted molar refractivity (Wildman–Crippen MR) is 127 cm³/mol. The van der Waals surface area contributed by atoms with E-state index < -0.39 is 6.10 Å². The van der Waals surface area contributed by atoms with Gasteiger partial charge in [-0.3, -0.25) is 0 Å². The standard InChI is InChI=1S/C23H29N5O2S/c1-2-24-23(27-16-19(29)21-14-17-6-3-4-8-20(17)31-21)26-15-18-7-5-9-25-22(18)28-10-12-30-13-11-28/h3-9,14,19,29H,2,10-13,15-16H2,1H3,(H2,24,26,27). The molecule has 1 aliphatic heterocycles. The number of fused-ring (bicyclic) bond motifs is 1. The van der Waals surface area contributed by atoms with Gasteiger partial charge in [0.15, 0.2) is 5.96 Å². The number of pyridine rings is 1. The molecule has 3 heterocycles. The first-order chi connectivity index (χ1) is 15.2. The number of aliphatic hydroxyl groups is 1. The Kier molecular flexibility index (Phi) is 7.35. The summed E-state index contributed by atoms with van der Waals surface area (Å²) in [5.74, 6) is 1.65. The molecule has 0 radical (unpaired) electrons. The molecule has 0 spiro atoms. The van der Waals surface area contributed by atoms with Gasteiger partial charge < -0.3 is 25.4 Å². The van der Waals surface area contributed by atoms with Crippen LogP contribution in [-0.2, 0) is 11.3 Å². The van der Waals surface area contributed by atoms with E-state index >= 15 is 0 Å². The van der Waals surface area contributed by atoms with Crippen molar-refractivity contribution in [2.24, 2.45) is 4.99 Å². The number of aliphatic imine (C=N–C) groups is 1. The van der Waals surface area contributed by atoms with Gasteiger partial charge in [0.05, 0.1) is 19.8 Å². The number of hydrogen-bond donors (Lipinski definition) is 3. The van der Waals surface area contributed by atoms with Gasteiger partial charge >= 0.3 is 0 Å². The van der Waals surface area contributed by atoms with Gasteiger partial charge in [-0.15, -0.1) is 11.3 Å². The lowest BCUT2D eigenvalue weighted by molar-refractivity contribution is 0.122. The monoisotopic (exact) mass is 439 g/mol. The second-order valence-corrected chi connectivity index (χ2v) is 8.48. The van der Waals surface area contributed by atoms with E-state index in [0.29, 0.717) is 19.0 Å². The number of thiophene rings is 1. The van der Waals surface area contributed by atoms with Gasteiger partial charge in [0.2, 0.25) is 0 Å². The molecule has 3 aromatic rings. The van der Waals surface area contributed by atoms with E-state index in [-0.39, 0.29) is 0 Å². The molecule has 164 valence electrons. The molecular weight excluding hydrogens is 410 g/mol. The molecular formula is C23H29N5O2S. The molecule has 1 atom stereocenters. The van der Waals surface area contributed by atoms with Crippen molar-refractivity contribution in [2.75, 3.05) is 44.3 Å². The average molecular weight is 440 g/mol. The number of ether oxygens (including phenoxy) is 1. The number of hydrogen-bond acceptors (Lipinski definition) is 6. The Balaban J connectivity index is 1.41. The molecule has 0 bridgehead atoms. The Hall–Kier alpha value is -2.68. The molecule has 7 nitrogen and oxygen atoms in total. The van der Waals surface area contributed by atoms with Crippen LogP contribution in [-0.4, -0.2) is 55.4 Å². The number of nitrogens with zero attached hydrogens (tertiary/aromatic N) is 3. The third kappa shape index (κ3) is 5.52. The van der Waals surface area contributed by atoms with Crippen LogP contribution in [0.2, 0.25) is 0 Å². The number of morpholine rings is 1. The van der Waals surface area contributed by atoms with Crippen molar-refractivity contribution in [3.8, 4) is 0 Å². The maximum atomic E-state index is 10.7. The van der Waals surface area contributed by atoms with Crippen LogP contribution >= 0.6 is 11.3 Å². The third-order valence-electron chi connectivity index (χ3n) is 5.17. The molecule has 1 aromatic carbocycles. The van der Waals surface area contributed by atoms with Gasteiger partial charge in [-0.1, -0.05) is 24.3 Å². The molecule has 0 aliphatic carbocycles. The molecule has 3 N–H and O–H groups in total. The van der Waals surface area contributed by atoms with Crippen molar-refractivity contribution in [3.63, 3.8) is 0 Å². The van der Waals surface area contributed by atoms with Crippen molar-refractivity contribution in [1.29, 1.82) is 0 Å². The lowest BCUT2D eigenvalue weighted by Crippen LogP contribution is -2.39. The largest absolute Gasteiger partial charge is 0.386 e. The minimum atomic E-state index is -0.594. The summed E-state index contributed by atoms with van der Waals surface area (Å²) in [5, 5.41) is 18.4. The summed E-state index contributed by atoms with van der Waals surface area (Å²) in [4.78, 5) is 12.5. The summed E-state index contributed by atoms with van der Waals surface area (Å²) in [6, 6.07) is 14.3. The SMILES string of the molecule is CCNC(=NCc1cccnc1N1CCOCC1)NCC(O)c1cc2ccccc2s1. The number of rotatable bonds is 7. The van der Waals surface area contributed by atoms with Gasteiger partial charge in [-0.25, -0.2) is 9.98 Å². The second kappa shape index (κ2) is 10.6. The summed E-state index contributed by atoms with van der Waals surface area (Å²) in [7, 11) is 0. The van der Waals surface area contributed by atoms with Gasteiger partial charge in [-0.05, 0) is 30.5 Å². The van der Waals surface area contributed by atoms with Crippen LogP contribution < -0.4 is 15.5 Å². The zero-order chi connectivity index (χ0) is 21.5. The summed E-state index contributed by atoms with van der Waals surface area (Å²) >= 11 is 1.62. The Morgan fingerprint density at radius 3 is 2.87 bits per heavy atom. The fourth-order valence-electron chi connectivity index (χ4n) is 3.58. The lowest BCUT2D eigenvalue weighted by Gasteiger charge is -2.29. The number of benzene rings is 1. The number of aliphatic hydroxyl groups excluding tert-OH is 1. The minimum Gasteiger partial charge on any atom is -0.386 e. The molecule has 0 saturated carbocycles. The Morgan fingerprint density at radius 1 is 1.23 bits per heavy atom. The first-order valence-electron chi connectivity index (χ1n) is 10.7. The highest BCUT2D eigenvalue weighted by molar-refractivity contribution is 7.19. The van der Waals surface area contributed by atoms with E-state index in [1.807, 2.05) is 31.3 Å². The third-order valence-corrected chi connectivity index (χ3v) is 6.38. The smallest absolute Gasteiger partial charge is 0.191 e. The van der Waals surface area contributed by atoms with E-state index in [1.54, 1.807) is 11.3 Å². The maximum Gasteiger partial charge on any atom is 0.191 e. The van der Waals surface area contributed by atoms with Crippen molar-refractivity contribution in [3.05, 3.63) is 59.1 Å². The van der Waals surface area contributed by atoms with Crippen LogP contribution in [0.25, 0.3) is 10.1 Å². The van der Waals surface area contributed by atoms with Gasteiger partial charge in [0.1, 0.15) is 11.9 Å². The Labute approximate surface area is 186 Å². The summed E-state index contributed by atoms with van der Waals surface area (Å²) in [5.41, 5.74) is 1.08. The first kappa shape index (κ1) is 21.5. The highest BCUT2D eigenvalue weighted by atomic mass is 32.1. The van der Waals surface area contributed by atoms with E-state index in [0.717, 1.165) is 54.5 Å². The molecule has 1 aliphatic rings. The fourth-order valence-corrected chi connectivity index (χ4v) is 4.63. The molecule has 4 rings (SSSR count). The second-order valence-electron chi connectivity index (χ2n) is 7.36. The fraction of sp³-hybridized carbons (Fsp3) is 0.391. The first-order valence-corrected chi connectivity index (χ1v) is 11.5. The molecule has 2 aromatic heterocycles. The van der Waals surface area contributed by atoms with E-state index in [9.17, 15) is 5.11 Å². The molecule has 1 fully saturated rings. The minimum absolute atomic E-state index is 0.391. The van der Waals surface area contributed by atoms with Crippen molar-refractivity contribution in [1.82, 2.24) is 15.6 Å². The summed E-state index contributed by atoms with van der Waals surface area (Å²) < 4.78 is 6.65. The summed E-state index contributed by atoms with van der Waals surface area (Å²) in [6.07, 6.45) is 1.23. The van der Waals surface area contributed by atoms with E-state index in [4.69, 9.17) is 9.73 Å². The highest BCUT2D eigenvalue weighted by Gasteiger charge is 2.16. The van der Waals surface area contributed by atoms with Crippen molar-refractivity contribution in [2.45, 2.75) is 19.6 Å². The zero-order valence-electron chi connectivity index (χ0n) is 17.8. The lowest BCUT2D eigenvalue weighted by atomic mass is 10.2. The molecule has 0 amide bonds. The molecule has 31 heavy (non-hydrogen) atoms. The van der Waals surface area contributed by atoms with Crippen molar-refractivity contribution >= 4 is 33.2 Å². The quantitative estimate of drug-likeness (QED) is 0.388. The van der Waals surface area contributed by atoms with Crippen LogP contribution in [0.5, 0.6) is 0 Å². The normalized spacial score (nSPS) is 15.8. The number of anilines is 1. The highest BCUT2D eigenvalue weighted by Crippen LogP contribution is 2.29. The Bertz CT molecular complexity index is 983. The zero-order valence-corrected chi connectivity index (χ0v) is 18.6. The molecule has 1 saturated heterocycles. The van der Waals surface area contributed by atoms with E-state index in [1.165, 1.54) is 4.70 Å². The average Bonchev–Trinajstić information content (AvgIpc) is 3.26. The Morgan fingerprint density at radius 2 is 2.06 bits per heavy atom. The van der Waals surface area contributed by atoms with Gasteiger partial charge in [0.25, 0.3) is 0 Å². The number of guanidine groups is 1. The van der Waals surface area contributed by atoms with Crippen LogP contribution in [0.1, 0.15) is 23.5 Å². The van der Waals surface area contributed by atoms with Crippen molar-refractivity contribution < 1.29 is 9.84 Å². The van der Waals surface area contributed by atoms with Crippen LogP contribution in [0.3, 0.4) is 0 Å².